The van der Waals surface area contributed by atoms with E-state index in [1.54, 1.807) is 38.1 Å². The summed E-state index contributed by atoms with van der Waals surface area (Å²) < 4.78 is 71.2. The van der Waals surface area contributed by atoms with E-state index in [2.05, 4.69) is 18.6 Å². The van der Waals surface area contributed by atoms with E-state index >= 15 is 0 Å². The van der Waals surface area contributed by atoms with E-state index in [9.17, 15) is 36.1 Å². The lowest BCUT2D eigenvalue weighted by Gasteiger charge is -2.20. The van der Waals surface area contributed by atoms with Crippen LogP contribution < -0.4 is 9.47 Å². The number of carbonyl (C=O) groups is 3. The maximum Gasteiger partial charge on any atom is 0.428 e. The average Bonchev–Trinajstić information content (AvgIpc) is 2.95. The Morgan fingerprint density at radius 1 is 0.884 bits per heavy atom. The molecule has 0 amide bonds. The lowest BCUT2D eigenvalue weighted by Crippen LogP contribution is -2.40. The Balaban J connectivity index is 0.000000490. The summed E-state index contributed by atoms with van der Waals surface area (Å²) in [6.07, 6.45) is 1.73. The van der Waals surface area contributed by atoms with E-state index < -0.39 is 45.3 Å². The van der Waals surface area contributed by atoms with Crippen LogP contribution in [0.2, 0.25) is 0 Å². The Labute approximate surface area is 248 Å². The van der Waals surface area contributed by atoms with E-state index in [-0.39, 0.29) is 5.75 Å². The third-order valence-corrected chi connectivity index (χ3v) is 7.40. The summed E-state index contributed by atoms with van der Waals surface area (Å²) in [6, 6.07) is 16.4. The molecular weight excluding hydrogens is 590 g/mol. The summed E-state index contributed by atoms with van der Waals surface area (Å²) in [5.41, 5.74) is 0.642. The van der Waals surface area contributed by atoms with Gasteiger partial charge in [0.15, 0.2) is 16.7 Å². The molecule has 1 N–H and O–H groups in total. The van der Waals surface area contributed by atoms with Gasteiger partial charge in [-0.05, 0) is 85.3 Å². The number of phenols is 1. The largest absolute Gasteiger partial charge is 0.743 e. The average molecular weight is 624 g/mol. The fourth-order valence-electron chi connectivity index (χ4n) is 3.23. The van der Waals surface area contributed by atoms with Crippen LogP contribution in [0, 0.1) is 5.41 Å². The van der Waals surface area contributed by atoms with Crippen LogP contribution in [-0.4, -0.2) is 47.8 Å². The second-order valence-corrected chi connectivity index (χ2v) is 11.6. The van der Waals surface area contributed by atoms with E-state index in [4.69, 9.17) is 14.6 Å². The molecule has 43 heavy (non-hydrogen) atoms. The van der Waals surface area contributed by atoms with Crippen LogP contribution >= 0.6 is 0 Å². The van der Waals surface area contributed by atoms with Gasteiger partial charge in [0.05, 0.1) is 5.41 Å². The highest BCUT2D eigenvalue weighted by Crippen LogP contribution is 2.28. The molecule has 0 aromatic heterocycles. The fourth-order valence-corrected chi connectivity index (χ4v) is 3.49. The van der Waals surface area contributed by atoms with Crippen molar-refractivity contribution in [1.29, 1.82) is 0 Å². The number of benzene rings is 3. The molecule has 3 rings (SSSR count). The number of fused-ring (bicyclic) bond motifs is 1. The molecule has 0 fully saturated rings. The molecule has 0 heterocycles. The van der Waals surface area contributed by atoms with Gasteiger partial charge < -0.3 is 23.9 Å². The Hall–Kier alpha value is -4.10. The van der Waals surface area contributed by atoms with Crippen LogP contribution in [0.5, 0.6) is 17.2 Å². The molecule has 0 radical (unpaired) electrons. The minimum Gasteiger partial charge on any atom is -0.743 e. The van der Waals surface area contributed by atoms with Crippen molar-refractivity contribution < 1.29 is 55.5 Å². The first-order valence-corrected chi connectivity index (χ1v) is 14.6. The number of alkyl halides is 2. The number of carbonyl (C=O) groups excluding carboxylic acids is 3. The molecule has 1 atom stereocenters. The molecule has 0 bridgehead atoms. The highest BCUT2D eigenvalue weighted by molar-refractivity contribution is 7.87. The Kier molecular flexibility index (Phi) is 11.7. The standard InChI is InChI=1S/C20H20F2O9S.C10H14O/c1-4-19(2,3)17(24)31-15-8-6-12-9-14(7-5-13(12)10-15)30-16(23)11-29-18(25)20(21,22)32(26,27)28;1-3-8(2)9-4-6-10(11)7-5-9/h5-10H,4,11H2,1-3H3,(H,26,27,28);4-8,11H,3H2,1-2H3/p-1. The molecule has 0 saturated heterocycles. The lowest BCUT2D eigenvalue weighted by molar-refractivity contribution is -0.166. The fraction of sp³-hybridized carbons (Fsp3) is 0.367. The van der Waals surface area contributed by atoms with Crippen molar-refractivity contribution >= 4 is 38.8 Å². The van der Waals surface area contributed by atoms with Gasteiger partial charge in [-0.3, -0.25) is 4.79 Å². The molecule has 13 heteroatoms. The maximum atomic E-state index is 13.0. The molecule has 234 valence electrons. The zero-order valence-electron chi connectivity index (χ0n) is 24.3. The second kappa shape index (κ2) is 14.4. The predicted molar refractivity (Wildman–Crippen MR) is 152 cm³/mol. The molecule has 0 spiro atoms. The summed E-state index contributed by atoms with van der Waals surface area (Å²) >= 11 is 0. The molecular formula is C30H33F2O10S-. The van der Waals surface area contributed by atoms with Crippen molar-refractivity contribution in [1.82, 2.24) is 0 Å². The predicted octanol–water partition coefficient (Wildman–Crippen LogP) is 5.67. The van der Waals surface area contributed by atoms with Crippen LogP contribution in [0.25, 0.3) is 10.8 Å². The number of rotatable bonds is 10. The van der Waals surface area contributed by atoms with Gasteiger partial charge in [-0.2, -0.15) is 8.78 Å². The number of halogens is 2. The first-order chi connectivity index (χ1) is 19.9. The number of aromatic hydroxyl groups is 1. The van der Waals surface area contributed by atoms with Crippen molar-refractivity contribution in [3.05, 3.63) is 66.2 Å². The van der Waals surface area contributed by atoms with Gasteiger partial charge in [0, 0.05) is 0 Å². The Bertz CT molecular complexity index is 1550. The van der Waals surface area contributed by atoms with Crippen molar-refractivity contribution in [3.8, 4) is 17.2 Å². The summed E-state index contributed by atoms with van der Waals surface area (Å²) in [7, 11) is -6.30. The van der Waals surface area contributed by atoms with Gasteiger partial charge in [0.25, 0.3) is 0 Å². The summed E-state index contributed by atoms with van der Waals surface area (Å²) in [4.78, 5) is 34.9. The SMILES string of the molecule is CCC(C)(C)C(=O)Oc1ccc2cc(OC(=O)COC(=O)C(F)(F)S(=O)(=O)[O-])ccc2c1.CCC(C)c1ccc(O)cc1. The molecule has 1 unspecified atom stereocenters. The minimum atomic E-state index is -6.30. The smallest absolute Gasteiger partial charge is 0.428 e. The van der Waals surface area contributed by atoms with Crippen LogP contribution in [0.15, 0.2) is 60.7 Å². The van der Waals surface area contributed by atoms with E-state index in [1.165, 1.54) is 29.8 Å². The Morgan fingerprint density at radius 3 is 1.86 bits per heavy atom. The molecule has 0 aliphatic carbocycles. The topological polar surface area (TPSA) is 156 Å². The number of phenolic OH excluding ortho intramolecular Hbond substituents is 1. The highest BCUT2D eigenvalue weighted by Gasteiger charge is 2.48. The highest BCUT2D eigenvalue weighted by atomic mass is 32.2. The monoisotopic (exact) mass is 623 g/mol. The second-order valence-electron chi connectivity index (χ2n) is 10.2. The van der Waals surface area contributed by atoms with Gasteiger partial charge in [-0.25, -0.2) is 18.0 Å². The molecule has 0 aliphatic rings. The van der Waals surface area contributed by atoms with E-state index in [0.29, 0.717) is 34.6 Å². The first kappa shape index (κ1) is 35.1. The van der Waals surface area contributed by atoms with Crippen LogP contribution in [-0.2, 0) is 29.2 Å². The van der Waals surface area contributed by atoms with Crippen molar-refractivity contribution in [2.45, 2.75) is 58.6 Å². The number of hydrogen-bond donors (Lipinski definition) is 1. The summed E-state index contributed by atoms with van der Waals surface area (Å²) in [5, 5.41) is 4.89. The minimum absolute atomic E-state index is 0.0291. The zero-order chi connectivity index (χ0) is 32.6. The molecule has 0 aliphatic heterocycles. The number of ether oxygens (including phenoxy) is 3. The molecule has 3 aromatic rings. The number of hydrogen-bond acceptors (Lipinski definition) is 10. The molecule has 10 nitrogen and oxygen atoms in total. The zero-order valence-corrected chi connectivity index (χ0v) is 25.1. The normalized spacial score (nSPS) is 12.5. The van der Waals surface area contributed by atoms with Crippen LogP contribution in [0.1, 0.15) is 58.9 Å². The van der Waals surface area contributed by atoms with Gasteiger partial charge in [0.2, 0.25) is 0 Å². The number of esters is 3. The summed E-state index contributed by atoms with van der Waals surface area (Å²) in [5.74, 6) is -3.14. The van der Waals surface area contributed by atoms with Crippen molar-refractivity contribution in [2.75, 3.05) is 6.61 Å². The Morgan fingerprint density at radius 2 is 1.40 bits per heavy atom. The third-order valence-electron chi connectivity index (χ3n) is 6.61. The lowest BCUT2D eigenvalue weighted by atomic mass is 9.91. The van der Waals surface area contributed by atoms with Gasteiger partial charge in [-0.15, -0.1) is 0 Å². The molecule has 3 aromatic carbocycles. The quantitative estimate of drug-likeness (QED) is 0.169. The van der Waals surface area contributed by atoms with Gasteiger partial charge in [0.1, 0.15) is 17.2 Å². The first-order valence-electron chi connectivity index (χ1n) is 13.2. The molecule has 0 saturated carbocycles. The van der Waals surface area contributed by atoms with Crippen LogP contribution in [0.4, 0.5) is 8.78 Å². The third kappa shape index (κ3) is 9.72. The van der Waals surface area contributed by atoms with Crippen molar-refractivity contribution in [2.24, 2.45) is 5.41 Å². The summed E-state index contributed by atoms with van der Waals surface area (Å²) in [6.45, 7) is 8.39. The van der Waals surface area contributed by atoms with E-state index in [1.807, 2.05) is 19.1 Å². The maximum absolute atomic E-state index is 13.0. The van der Waals surface area contributed by atoms with Crippen LogP contribution in [0.3, 0.4) is 0 Å². The van der Waals surface area contributed by atoms with Crippen molar-refractivity contribution in [3.63, 3.8) is 0 Å². The van der Waals surface area contributed by atoms with Gasteiger partial charge >= 0.3 is 23.2 Å². The van der Waals surface area contributed by atoms with Gasteiger partial charge in [-0.1, -0.05) is 45.0 Å². The van der Waals surface area contributed by atoms with E-state index in [0.717, 1.165) is 6.42 Å².